The van der Waals surface area contributed by atoms with Crippen molar-refractivity contribution in [3.63, 3.8) is 0 Å². The third-order valence-electron chi connectivity index (χ3n) is 5.95. The Morgan fingerprint density at radius 3 is 3.09 bits per heavy atom. The van der Waals surface area contributed by atoms with Crippen molar-refractivity contribution in [2.45, 2.75) is 50.2 Å². The highest BCUT2D eigenvalue weighted by Crippen LogP contribution is 2.59. The first-order valence-corrected chi connectivity index (χ1v) is 8.57. The van der Waals surface area contributed by atoms with Crippen molar-refractivity contribution in [1.29, 1.82) is 0 Å². The quantitative estimate of drug-likeness (QED) is 0.871. The SMILES string of the molecule is CC/C=C(/OC)[C@@H]1Oc2c(O)ccc3c2[C@@]12CCN(C)[C@H](C3)C2. The molecule has 2 bridgehead atoms. The molecule has 0 amide bonds. The molecule has 3 atom stereocenters. The Morgan fingerprint density at radius 1 is 1.52 bits per heavy atom. The number of hydrogen-bond donors (Lipinski definition) is 1. The summed E-state index contributed by atoms with van der Waals surface area (Å²) in [4.78, 5) is 2.46. The largest absolute Gasteiger partial charge is 0.504 e. The molecule has 124 valence electrons. The molecule has 0 aromatic heterocycles. The number of piperidine rings is 1. The van der Waals surface area contributed by atoms with Crippen molar-refractivity contribution < 1.29 is 14.6 Å². The summed E-state index contributed by atoms with van der Waals surface area (Å²) in [5.74, 6) is 1.85. The summed E-state index contributed by atoms with van der Waals surface area (Å²) in [6, 6.07) is 4.40. The second-order valence-corrected chi connectivity index (χ2v) is 7.11. The Hall–Kier alpha value is -1.68. The van der Waals surface area contributed by atoms with Gasteiger partial charge in [-0.2, -0.15) is 0 Å². The zero-order chi connectivity index (χ0) is 16.2. The van der Waals surface area contributed by atoms with E-state index in [2.05, 4.69) is 31.0 Å². The number of hydrogen-bond acceptors (Lipinski definition) is 4. The van der Waals surface area contributed by atoms with E-state index in [1.54, 1.807) is 13.2 Å². The summed E-state index contributed by atoms with van der Waals surface area (Å²) in [5, 5.41) is 10.3. The number of ether oxygens (including phenoxy) is 2. The van der Waals surface area contributed by atoms with Gasteiger partial charge in [-0.05, 0) is 57.0 Å². The van der Waals surface area contributed by atoms with E-state index in [-0.39, 0.29) is 17.3 Å². The minimum Gasteiger partial charge on any atom is -0.504 e. The molecule has 1 aromatic carbocycles. The van der Waals surface area contributed by atoms with E-state index in [0.717, 1.165) is 38.0 Å². The minimum absolute atomic E-state index is 0.0597. The molecule has 0 radical (unpaired) electrons. The van der Waals surface area contributed by atoms with E-state index < -0.39 is 0 Å². The van der Waals surface area contributed by atoms with Crippen molar-refractivity contribution in [3.8, 4) is 11.5 Å². The average molecular weight is 315 g/mol. The van der Waals surface area contributed by atoms with Crippen LogP contribution in [0.3, 0.4) is 0 Å². The van der Waals surface area contributed by atoms with Crippen molar-refractivity contribution in [3.05, 3.63) is 35.1 Å². The topological polar surface area (TPSA) is 41.9 Å². The Labute approximate surface area is 137 Å². The van der Waals surface area contributed by atoms with Gasteiger partial charge >= 0.3 is 0 Å². The lowest BCUT2D eigenvalue weighted by atomic mass is 9.61. The highest BCUT2D eigenvalue weighted by Gasteiger charge is 2.58. The molecule has 2 heterocycles. The van der Waals surface area contributed by atoms with E-state index in [9.17, 15) is 5.11 Å². The molecule has 0 saturated carbocycles. The van der Waals surface area contributed by atoms with Gasteiger partial charge in [0.1, 0.15) is 5.76 Å². The van der Waals surface area contributed by atoms with Crippen LogP contribution in [0.4, 0.5) is 0 Å². The fourth-order valence-electron chi connectivity index (χ4n) is 4.82. The first-order valence-electron chi connectivity index (χ1n) is 8.57. The van der Waals surface area contributed by atoms with E-state index >= 15 is 0 Å². The van der Waals surface area contributed by atoms with Crippen LogP contribution in [0.1, 0.15) is 37.3 Å². The van der Waals surface area contributed by atoms with Gasteiger partial charge in [-0.1, -0.05) is 13.0 Å². The highest BCUT2D eigenvalue weighted by atomic mass is 16.5. The average Bonchev–Trinajstić information content (AvgIpc) is 2.88. The molecule has 2 aliphatic heterocycles. The first-order chi connectivity index (χ1) is 11.1. The highest BCUT2D eigenvalue weighted by molar-refractivity contribution is 5.60. The summed E-state index contributed by atoms with van der Waals surface area (Å²) >= 11 is 0. The monoisotopic (exact) mass is 315 g/mol. The van der Waals surface area contributed by atoms with Crippen LogP contribution in [0.15, 0.2) is 24.0 Å². The van der Waals surface area contributed by atoms with E-state index in [4.69, 9.17) is 9.47 Å². The maximum Gasteiger partial charge on any atom is 0.166 e. The second kappa shape index (κ2) is 5.17. The molecular formula is C19H25NO3. The Morgan fingerprint density at radius 2 is 2.35 bits per heavy atom. The molecule has 1 aromatic rings. The lowest BCUT2D eigenvalue weighted by Crippen LogP contribution is -2.55. The fraction of sp³-hybridized carbons (Fsp3) is 0.579. The maximum absolute atomic E-state index is 10.3. The number of phenolic OH excluding ortho intramolecular Hbond substituents is 1. The number of nitrogens with zero attached hydrogens (tertiary/aromatic N) is 1. The molecule has 4 rings (SSSR count). The lowest BCUT2D eigenvalue weighted by molar-refractivity contribution is 0.0353. The number of phenols is 1. The molecular weight excluding hydrogens is 290 g/mol. The van der Waals surface area contributed by atoms with Gasteiger partial charge in [0.2, 0.25) is 0 Å². The first kappa shape index (κ1) is 14.9. The normalized spacial score (nSPS) is 32.4. The van der Waals surface area contributed by atoms with E-state index in [1.807, 2.05) is 0 Å². The van der Waals surface area contributed by atoms with E-state index in [0.29, 0.717) is 11.8 Å². The van der Waals surface area contributed by atoms with Crippen molar-refractivity contribution >= 4 is 0 Å². The molecule has 4 heteroatoms. The van der Waals surface area contributed by atoms with Gasteiger partial charge in [0.25, 0.3) is 0 Å². The standard InChI is InChI=1S/C19H25NO3/c1-4-5-15(22-3)18-19-8-9-20(2)13(11-19)10-12-6-7-14(21)17(23-18)16(12)19/h5-7,13,18,21H,4,8-11H2,1-3H3/b15-5+/t13-,18+,19+/m1/s1. The van der Waals surface area contributed by atoms with Gasteiger partial charge in [0.15, 0.2) is 17.6 Å². The molecule has 1 aliphatic carbocycles. The third kappa shape index (κ3) is 1.94. The van der Waals surface area contributed by atoms with Gasteiger partial charge in [0.05, 0.1) is 7.11 Å². The van der Waals surface area contributed by atoms with Crippen LogP contribution in [0.2, 0.25) is 0 Å². The van der Waals surface area contributed by atoms with Gasteiger partial charge in [0, 0.05) is 17.0 Å². The zero-order valence-corrected chi connectivity index (χ0v) is 14.1. The number of benzene rings is 1. The third-order valence-corrected chi connectivity index (χ3v) is 5.95. The van der Waals surface area contributed by atoms with Crippen LogP contribution in [0, 0.1) is 0 Å². The number of rotatable bonds is 3. The number of aromatic hydroxyl groups is 1. The molecule has 1 N–H and O–H groups in total. The second-order valence-electron chi connectivity index (χ2n) is 7.11. The lowest BCUT2D eigenvalue weighted by Gasteiger charge is -2.49. The van der Waals surface area contributed by atoms with Gasteiger partial charge < -0.3 is 19.5 Å². The Bertz CT molecular complexity index is 669. The molecule has 1 fully saturated rings. The number of allylic oxidation sites excluding steroid dienone is 1. The predicted octanol–water partition coefficient (Wildman–Crippen LogP) is 2.98. The van der Waals surface area contributed by atoms with E-state index in [1.165, 1.54) is 11.1 Å². The minimum atomic E-state index is -0.119. The van der Waals surface area contributed by atoms with Crippen LogP contribution in [0.5, 0.6) is 11.5 Å². The molecule has 23 heavy (non-hydrogen) atoms. The van der Waals surface area contributed by atoms with Crippen molar-refractivity contribution in [1.82, 2.24) is 4.90 Å². The molecule has 1 saturated heterocycles. The van der Waals surface area contributed by atoms with Crippen LogP contribution >= 0.6 is 0 Å². The summed E-state index contributed by atoms with van der Waals surface area (Å²) < 4.78 is 12.0. The molecule has 0 unspecified atom stereocenters. The summed E-state index contributed by atoms with van der Waals surface area (Å²) in [6.07, 6.45) is 6.06. The molecule has 1 spiro atoms. The van der Waals surface area contributed by atoms with Gasteiger partial charge in [-0.25, -0.2) is 0 Å². The van der Waals surface area contributed by atoms with Gasteiger partial charge in [-0.3, -0.25) is 0 Å². The van der Waals surface area contributed by atoms with Crippen LogP contribution < -0.4 is 4.74 Å². The maximum atomic E-state index is 10.3. The predicted molar refractivity (Wildman–Crippen MR) is 88.9 cm³/mol. The Kier molecular flexibility index (Phi) is 3.34. The summed E-state index contributed by atoms with van der Waals surface area (Å²) in [6.45, 7) is 3.17. The smallest absolute Gasteiger partial charge is 0.166 e. The van der Waals surface area contributed by atoms with Crippen LogP contribution in [-0.2, 0) is 16.6 Å². The number of fused-ring (bicyclic) bond motifs is 1. The number of likely N-dealkylation sites (tertiary alicyclic amines) is 1. The van der Waals surface area contributed by atoms with Crippen molar-refractivity contribution in [2.75, 3.05) is 20.7 Å². The Balaban J connectivity index is 1.90. The van der Waals surface area contributed by atoms with Crippen LogP contribution in [0.25, 0.3) is 0 Å². The van der Waals surface area contributed by atoms with Crippen molar-refractivity contribution in [2.24, 2.45) is 0 Å². The molecule has 4 nitrogen and oxygen atoms in total. The molecule has 3 aliphatic rings. The fourth-order valence-corrected chi connectivity index (χ4v) is 4.82. The number of methoxy groups -OCH3 is 1. The zero-order valence-electron chi connectivity index (χ0n) is 14.1. The number of likely N-dealkylation sites (N-methyl/N-ethyl adjacent to an activating group) is 1. The summed E-state index contributed by atoms with van der Waals surface area (Å²) in [7, 11) is 3.94. The van der Waals surface area contributed by atoms with Gasteiger partial charge in [-0.15, -0.1) is 0 Å². The van der Waals surface area contributed by atoms with Crippen LogP contribution in [-0.4, -0.2) is 42.9 Å². The summed E-state index contributed by atoms with van der Waals surface area (Å²) in [5.41, 5.74) is 2.51.